The molecule has 0 radical (unpaired) electrons. The number of pyridine rings is 1. The van der Waals surface area contributed by atoms with Crippen molar-refractivity contribution in [1.82, 2.24) is 26.1 Å². The number of fused-ring (bicyclic) bond motifs is 1. The van der Waals surface area contributed by atoms with Gasteiger partial charge in [0.2, 0.25) is 5.91 Å². The summed E-state index contributed by atoms with van der Waals surface area (Å²) >= 11 is 0. The van der Waals surface area contributed by atoms with Gasteiger partial charge in [-0.1, -0.05) is 6.07 Å². The van der Waals surface area contributed by atoms with Gasteiger partial charge in [0.05, 0.1) is 13.2 Å². The minimum atomic E-state index is -0.245. The van der Waals surface area contributed by atoms with Crippen molar-refractivity contribution in [3.63, 3.8) is 0 Å². The molecule has 3 heterocycles. The van der Waals surface area contributed by atoms with E-state index in [9.17, 15) is 9.18 Å². The van der Waals surface area contributed by atoms with Gasteiger partial charge >= 0.3 is 0 Å². The van der Waals surface area contributed by atoms with Crippen LogP contribution in [0.15, 0.2) is 36.5 Å². The Morgan fingerprint density at radius 2 is 2.14 bits per heavy atom. The number of rotatable bonds is 6. The fourth-order valence-electron chi connectivity index (χ4n) is 6.13. The van der Waals surface area contributed by atoms with Crippen molar-refractivity contribution < 1.29 is 13.9 Å². The van der Waals surface area contributed by atoms with Crippen LogP contribution < -0.4 is 20.9 Å². The number of carbonyl (C=O) groups excluding carboxylic acids is 1. The number of likely N-dealkylation sites (tertiary alicyclic amines) is 1. The third-order valence-electron chi connectivity index (χ3n) is 7.93. The van der Waals surface area contributed by atoms with Crippen molar-refractivity contribution >= 4 is 5.91 Å². The van der Waals surface area contributed by atoms with Crippen LogP contribution in [0.5, 0.6) is 5.75 Å². The molecule has 188 valence electrons. The maximum atomic E-state index is 14.4. The molecule has 4 unspecified atom stereocenters. The minimum Gasteiger partial charge on any atom is -0.496 e. The number of nitrogens with one attached hydrogen (secondary N) is 3. The van der Waals surface area contributed by atoms with Gasteiger partial charge < -0.3 is 10.1 Å². The number of hydrogen-bond donors (Lipinski definition) is 3. The van der Waals surface area contributed by atoms with Gasteiger partial charge in [0.25, 0.3) is 0 Å². The summed E-state index contributed by atoms with van der Waals surface area (Å²) in [5, 5.41) is 3.33. The van der Waals surface area contributed by atoms with E-state index in [4.69, 9.17) is 4.74 Å². The molecular formula is C27H36FN5O2. The number of amides is 1. The molecule has 0 bridgehead atoms. The summed E-state index contributed by atoms with van der Waals surface area (Å²) in [7, 11) is 1.57. The molecule has 7 nitrogen and oxygen atoms in total. The molecule has 0 spiro atoms. The van der Waals surface area contributed by atoms with Crippen LogP contribution in [0.3, 0.4) is 0 Å². The van der Waals surface area contributed by atoms with Gasteiger partial charge in [0.15, 0.2) is 0 Å². The molecule has 5 atom stereocenters. The van der Waals surface area contributed by atoms with Crippen LogP contribution >= 0.6 is 0 Å². The summed E-state index contributed by atoms with van der Waals surface area (Å²) in [4.78, 5) is 19.9. The standard InChI is InChI=1S/C27H36FN5O2/c1-17-13-18(10-11-29-17)26-21-14-19(8-9-24(21)31-32-26)27(34)30-20-5-4-12-33(15-20)16-22-23(28)6-3-7-25(22)35-2/h3,6-7,10-11,13,19-21,24,26,31-32H,4-5,8-9,12,14-16H2,1-2H3,(H,30,34)/t19?,20-,21?,24?,26?/m1/s1. The number of carbonyl (C=O) groups is 1. The highest BCUT2D eigenvalue weighted by Crippen LogP contribution is 2.40. The van der Waals surface area contributed by atoms with E-state index in [1.54, 1.807) is 19.2 Å². The maximum absolute atomic E-state index is 14.4. The predicted molar refractivity (Wildman–Crippen MR) is 132 cm³/mol. The van der Waals surface area contributed by atoms with Crippen LogP contribution in [0.25, 0.3) is 0 Å². The Morgan fingerprint density at radius 3 is 2.97 bits per heavy atom. The van der Waals surface area contributed by atoms with Crippen molar-refractivity contribution in [2.24, 2.45) is 11.8 Å². The average molecular weight is 482 g/mol. The summed E-state index contributed by atoms with van der Waals surface area (Å²) in [5.74, 6) is 0.883. The molecule has 1 aromatic carbocycles. The average Bonchev–Trinajstić information content (AvgIpc) is 3.29. The fraction of sp³-hybridized carbons (Fsp3) is 0.556. The fourth-order valence-corrected chi connectivity index (χ4v) is 6.13. The molecule has 5 rings (SSSR count). The zero-order chi connectivity index (χ0) is 24.4. The summed E-state index contributed by atoms with van der Waals surface area (Å²) in [6.07, 6.45) is 6.54. The van der Waals surface area contributed by atoms with Gasteiger partial charge in [-0.15, -0.1) is 0 Å². The lowest BCUT2D eigenvalue weighted by Crippen LogP contribution is -2.50. The van der Waals surface area contributed by atoms with Crippen LogP contribution in [0, 0.1) is 24.6 Å². The monoisotopic (exact) mass is 481 g/mol. The number of aromatic nitrogens is 1. The van der Waals surface area contributed by atoms with Gasteiger partial charge in [-0.25, -0.2) is 9.82 Å². The van der Waals surface area contributed by atoms with E-state index in [1.807, 2.05) is 13.1 Å². The normalized spacial score (nSPS) is 28.9. The van der Waals surface area contributed by atoms with E-state index in [0.29, 0.717) is 29.8 Å². The van der Waals surface area contributed by atoms with E-state index < -0.39 is 0 Å². The first-order valence-corrected chi connectivity index (χ1v) is 12.8. The Morgan fingerprint density at radius 1 is 1.26 bits per heavy atom. The number of ether oxygens (including phenoxy) is 1. The van der Waals surface area contributed by atoms with Crippen molar-refractivity contribution in [1.29, 1.82) is 0 Å². The predicted octanol–water partition coefficient (Wildman–Crippen LogP) is 3.25. The zero-order valence-corrected chi connectivity index (χ0v) is 20.6. The highest BCUT2D eigenvalue weighted by Gasteiger charge is 2.43. The molecule has 2 aromatic rings. The van der Waals surface area contributed by atoms with E-state index >= 15 is 0 Å². The molecule has 1 aliphatic carbocycles. The molecule has 8 heteroatoms. The van der Waals surface area contributed by atoms with E-state index in [2.05, 4.69) is 38.2 Å². The molecule has 1 aromatic heterocycles. The Kier molecular flexibility index (Phi) is 7.32. The molecule has 3 aliphatic rings. The number of benzene rings is 1. The first kappa shape index (κ1) is 24.2. The quantitative estimate of drug-likeness (QED) is 0.588. The number of aryl methyl sites for hydroxylation is 1. The van der Waals surface area contributed by atoms with Crippen LogP contribution in [-0.2, 0) is 11.3 Å². The Labute approximate surface area is 206 Å². The first-order chi connectivity index (χ1) is 17.0. The van der Waals surface area contributed by atoms with Crippen molar-refractivity contribution in [3.8, 4) is 5.75 Å². The number of methoxy groups -OCH3 is 1. The Bertz CT molecular complexity index is 1050. The van der Waals surface area contributed by atoms with Gasteiger partial charge in [-0.05, 0) is 81.3 Å². The van der Waals surface area contributed by atoms with E-state index in [0.717, 1.165) is 50.9 Å². The summed E-state index contributed by atoms with van der Waals surface area (Å²) < 4.78 is 19.8. The topological polar surface area (TPSA) is 78.5 Å². The zero-order valence-electron chi connectivity index (χ0n) is 20.6. The smallest absolute Gasteiger partial charge is 0.223 e. The van der Waals surface area contributed by atoms with Crippen molar-refractivity contribution in [2.75, 3.05) is 20.2 Å². The largest absolute Gasteiger partial charge is 0.496 e. The molecule has 2 saturated heterocycles. The third-order valence-corrected chi connectivity index (χ3v) is 7.93. The number of nitrogens with zero attached hydrogens (tertiary/aromatic N) is 2. The van der Waals surface area contributed by atoms with Crippen LogP contribution in [-0.4, -0.2) is 48.1 Å². The second kappa shape index (κ2) is 10.6. The summed E-state index contributed by atoms with van der Waals surface area (Å²) in [6.45, 7) is 4.11. The first-order valence-electron chi connectivity index (χ1n) is 12.8. The lowest BCUT2D eigenvalue weighted by Gasteiger charge is -2.36. The van der Waals surface area contributed by atoms with Crippen LogP contribution in [0.2, 0.25) is 0 Å². The third kappa shape index (κ3) is 5.34. The van der Waals surface area contributed by atoms with Gasteiger partial charge in [0, 0.05) is 48.5 Å². The van der Waals surface area contributed by atoms with Gasteiger partial charge in [0.1, 0.15) is 11.6 Å². The molecule has 3 fully saturated rings. The van der Waals surface area contributed by atoms with Crippen molar-refractivity contribution in [2.45, 2.75) is 63.7 Å². The van der Waals surface area contributed by atoms with Crippen LogP contribution in [0.4, 0.5) is 4.39 Å². The lowest BCUT2D eigenvalue weighted by atomic mass is 9.74. The second-order valence-corrected chi connectivity index (χ2v) is 10.3. The highest BCUT2D eigenvalue weighted by atomic mass is 19.1. The van der Waals surface area contributed by atoms with Crippen LogP contribution in [0.1, 0.15) is 55.0 Å². The lowest BCUT2D eigenvalue weighted by molar-refractivity contribution is -0.127. The molecule has 2 aliphatic heterocycles. The van der Waals surface area contributed by atoms with Crippen molar-refractivity contribution in [3.05, 3.63) is 59.2 Å². The summed E-state index contributed by atoms with van der Waals surface area (Å²) in [5.41, 5.74) is 9.75. The number of hydrazine groups is 1. The van der Waals surface area contributed by atoms with Gasteiger partial charge in [-0.2, -0.15) is 0 Å². The van der Waals surface area contributed by atoms with E-state index in [-0.39, 0.29) is 29.7 Å². The minimum absolute atomic E-state index is 0.0189. The molecule has 3 N–H and O–H groups in total. The maximum Gasteiger partial charge on any atom is 0.223 e. The molecule has 1 saturated carbocycles. The van der Waals surface area contributed by atoms with E-state index in [1.165, 1.54) is 11.6 Å². The molecule has 35 heavy (non-hydrogen) atoms. The Hall–Kier alpha value is -2.55. The molecule has 1 amide bonds. The summed E-state index contributed by atoms with van der Waals surface area (Å²) in [6, 6.07) is 9.81. The molecular weight excluding hydrogens is 445 g/mol. The Balaban J connectivity index is 1.19. The number of piperidine rings is 1. The second-order valence-electron chi connectivity index (χ2n) is 10.3. The number of halogens is 1. The highest BCUT2D eigenvalue weighted by molar-refractivity contribution is 5.79. The van der Waals surface area contributed by atoms with Gasteiger partial charge in [-0.3, -0.25) is 20.1 Å². The number of hydrogen-bond acceptors (Lipinski definition) is 6. The SMILES string of the molecule is COc1cccc(F)c1CN1CCC[C@@H](NC(=O)C2CCC3NNC(c4ccnc(C)c4)C3C2)C1.